The number of halogens is 1. The van der Waals surface area contributed by atoms with E-state index in [4.69, 9.17) is 0 Å². The van der Waals surface area contributed by atoms with Crippen molar-refractivity contribution in [1.29, 1.82) is 0 Å². The molecular weight excluding hydrogens is 282 g/mol. The van der Waals surface area contributed by atoms with Crippen LogP contribution in [0.4, 0.5) is 11.4 Å². The van der Waals surface area contributed by atoms with Gasteiger partial charge in [0.05, 0.1) is 11.4 Å². The van der Waals surface area contributed by atoms with Crippen molar-refractivity contribution < 1.29 is 4.79 Å². The van der Waals surface area contributed by atoms with Crippen LogP contribution in [0.1, 0.15) is 0 Å². The smallest absolute Gasteiger partial charge is 0.250 e. The summed E-state index contributed by atoms with van der Waals surface area (Å²) in [7, 11) is 1.85. The lowest BCUT2D eigenvalue weighted by atomic mass is 10.0. The zero-order chi connectivity index (χ0) is 12.0. The highest BCUT2D eigenvalue weighted by molar-refractivity contribution is 9.10. The fourth-order valence-electron chi connectivity index (χ4n) is 2.57. The maximum atomic E-state index is 12.2. The average molecular weight is 296 g/mol. The molecule has 1 N–H and O–H groups in total. The zero-order valence-electron chi connectivity index (χ0n) is 9.61. The summed E-state index contributed by atoms with van der Waals surface area (Å²) in [6.45, 7) is 2.54. The Bertz CT molecular complexity index is 477. The maximum Gasteiger partial charge on any atom is 0.250 e. The van der Waals surface area contributed by atoms with Crippen LogP contribution in [0.15, 0.2) is 22.7 Å². The molecule has 5 heteroatoms. The number of amides is 1. The van der Waals surface area contributed by atoms with Gasteiger partial charge in [-0.05, 0) is 18.2 Å². The van der Waals surface area contributed by atoms with Gasteiger partial charge in [-0.2, -0.15) is 0 Å². The van der Waals surface area contributed by atoms with Gasteiger partial charge in [0, 0.05) is 31.2 Å². The molecule has 1 atom stereocenters. The van der Waals surface area contributed by atoms with Crippen molar-refractivity contribution in [3.05, 3.63) is 22.7 Å². The number of carbonyl (C=O) groups excluding carboxylic acids is 1. The maximum absolute atomic E-state index is 12.2. The zero-order valence-corrected chi connectivity index (χ0v) is 11.2. The van der Waals surface area contributed by atoms with Crippen molar-refractivity contribution in [1.82, 2.24) is 5.32 Å². The van der Waals surface area contributed by atoms with Crippen LogP contribution in [0.3, 0.4) is 0 Å². The molecule has 1 unspecified atom stereocenters. The molecule has 3 rings (SSSR count). The lowest BCUT2D eigenvalue weighted by Gasteiger charge is -2.44. The predicted molar refractivity (Wildman–Crippen MR) is 71.6 cm³/mol. The van der Waals surface area contributed by atoms with Crippen LogP contribution in [0.25, 0.3) is 0 Å². The Balaban J connectivity index is 2.13. The van der Waals surface area contributed by atoms with Crippen LogP contribution in [0.2, 0.25) is 0 Å². The third-order valence-electron chi connectivity index (χ3n) is 3.47. The normalized spacial score (nSPS) is 23.4. The Morgan fingerprint density at radius 1 is 1.41 bits per heavy atom. The van der Waals surface area contributed by atoms with Gasteiger partial charge in [-0.1, -0.05) is 15.9 Å². The molecule has 4 nitrogen and oxygen atoms in total. The molecule has 2 heterocycles. The van der Waals surface area contributed by atoms with E-state index in [1.807, 2.05) is 19.2 Å². The summed E-state index contributed by atoms with van der Waals surface area (Å²) >= 11 is 3.50. The van der Waals surface area contributed by atoms with E-state index >= 15 is 0 Å². The number of hydrogen-bond acceptors (Lipinski definition) is 3. The van der Waals surface area contributed by atoms with E-state index < -0.39 is 0 Å². The van der Waals surface area contributed by atoms with Crippen molar-refractivity contribution in [2.24, 2.45) is 0 Å². The van der Waals surface area contributed by atoms with Gasteiger partial charge in [-0.3, -0.25) is 4.79 Å². The molecule has 2 aliphatic heterocycles. The van der Waals surface area contributed by atoms with E-state index in [1.54, 1.807) is 4.90 Å². The van der Waals surface area contributed by atoms with E-state index in [1.165, 1.54) is 0 Å². The van der Waals surface area contributed by atoms with Crippen molar-refractivity contribution >= 4 is 33.2 Å². The number of fused-ring (bicyclic) bond motifs is 3. The van der Waals surface area contributed by atoms with Gasteiger partial charge in [0.15, 0.2) is 0 Å². The Morgan fingerprint density at radius 3 is 3.06 bits per heavy atom. The van der Waals surface area contributed by atoms with E-state index in [0.29, 0.717) is 0 Å². The molecule has 0 radical (unpaired) electrons. The number of nitrogens with one attached hydrogen (secondary N) is 1. The molecule has 17 heavy (non-hydrogen) atoms. The first-order valence-electron chi connectivity index (χ1n) is 5.73. The van der Waals surface area contributed by atoms with Crippen molar-refractivity contribution in [2.75, 3.05) is 36.5 Å². The molecule has 1 fully saturated rings. The Hall–Kier alpha value is -1.07. The second kappa shape index (κ2) is 3.99. The summed E-state index contributed by atoms with van der Waals surface area (Å²) in [4.78, 5) is 16.2. The van der Waals surface area contributed by atoms with Gasteiger partial charge >= 0.3 is 0 Å². The number of likely N-dealkylation sites (N-methyl/N-ethyl adjacent to an activating group) is 1. The Labute approximate surface area is 109 Å². The number of nitrogens with zero attached hydrogens (tertiary/aromatic N) is 2. The summed E-state index contributed by atoms with van der Waals surface area (Å²) in [5.74, 6) is 0.173. The lowest BCUT2D eigenvalue weighted by Crippen LogP contribution is -2.61. The van der Waals surface area contributed by atoms with Crippen molar-refractivity contribution in [2.45, 2.75) is 6.04 Å². The molecule has 90 valence electrons. The molecule has 0 aliphatic carbocycles. The van der Waals surface area contributed by atoms with Crippen LogP contribution in [0, 0.1) is 0 Å². The van der Waals surface area contributed by atoms with Gasteiger partial charge in [0.25, 0.3) is 5.91 Å². The highest BCUT2D eigenvalue weighted by Gasteiger charge is 2.37. The van der Waals surface area contributed by atoms with E-state index in [0.717, 1.165) is 35.5 Å². The minimum absolute atomic E-state index is 0.0597. The van der Waals surface area contributed by atoms with Crippen LogP contribution >= 0.6 is 15.9 Å². The average Bonchev–Trinajstić information content (AvgIpc) is 2.36. The second-order valence-electron chi connectivity index (χ2n) is 4.44. The quantitative estimate of drug-likeness (QED) is 0.781. The number of hydrogen-bond donors (Lipinski definition) is 1. The molecule has 0 saturated carbocycles. The van der Waals surface area contributed by atoms with Crippen LogP contribution in [-0.4, -0.2) is 38.6 Å². The Kier molecular flexibility index (Phi) is 2.60. The molecule has 0 bridgehead atoms. The van der Waals surface area contributed by atoms with Crippen LogP contribution in [0.5, 0.6) is 0 Å². The number of carbonyl (C=O) groups is 1. The second-order valence-corrected chi connectivity index (χ2v) is 5.36. The minimum atomic E-state index is -0.0597. The minimum Gasteiger partial charge on any atom is -0.355 e. The van der Waals surface area contributed by atoms with E-state index in [9.17, 15) is 4.79 Å². The molecule has 1 aromatic rings. The summed E-state index contributed by atoms with van der Waals surface area (Å²) in [6, 6.07) is 6.01. The molecule has 2 aliphatic rings. The first-order valence-corrected chi connectivity index (χ1v) is 6.52. The summed E-state index contributed by atoms with van der Waals surface area (Å²) < 4.78 is 1.05. The fraction of sp³-hybridized carbons (Fsp3) is 0.417. The van der Waals surface area contributed by atoms with Crippen LogP contribution in [-0.2, 0) is 4.79 Å². The van der Waals surface area contributed by atoms with Gasteiger partial charge < -0.3 is 15.1 Å². The third-order valence-corrected chi connectivity index (χ3v) is 3.96. The SMILES string of the molecule is CN1C(=O)C2CNCCN2c2cc(Br)ccc21. The molecule has 1 amide bonds. The summed E-state index contributed by atoms with van der Waals surface area (Å²) in [5.41, 5.74) is 2.14. The van der Waals surface area contributed by atoms with Crippen molar-refractivity contribution in [3.63, 3.8) is 0 Å². The molecule has 0 spiro atoms. The molecule has 0 aromatic heterocycles. The summed E-state index contributed by atoms with van der Waals surface area (Å²) in [6.07, 6.45) is 0. The van der Waals surface area contributed by atoms with Gasteiger partial charge in [0.2, 0.25) is 0 Å². The molecule has 1 saturated heterocycles. The number of anilines is 2. The number of piperazine rings is 1. The standard InChI is InChI=1S/C12H14BrN3O/c1-15-9-3-2-8(13)6-10(9)16-5-4-14-7-11(16)12(15)17/h2-3,6,11,14H,4-5,7H2,1H3. The topological polar surface area (TPSA) is 35.6 Å². The monoisotopic (exact) mass is 295 g/mol. The lowest BCUT2D eigenvalue weighted by molar-refractivity contribution is -0.120. The summed E-state index contributed by atoms with van der Waals surface area (Å²) in [5, 5.41) is 3.28. The largest absolute Gasteiger partial charge is 0.355 e. The first kappa shape index (κ1) is 11.0. The Morgan fingerprint density at radius 2 is 2.24 bits per heavy atom. The van der Waals surface area contributed by atoms with E-state index in [-0.39, 0.29) is 11.9 Å². The van der Waals surface area contributed by atoms with Gasteiger partial charge in [-0.25, -0.2) is 0 Å². The fourth-order valence-corrected chi connectivity index (χ4v) is 2.91. The molecular formula is C12H14BrN3O. The van der Waals surface area contributed by atoms with E-state index in [2.05, 4.69) is 32.2 Å². The highest BCUT2D eigenvalue weighted by atomic mass is 79.9. The predicted octanol–water partition coefficient (Wildman–Crippen LogP) is 1.20. The number of rotatable bonds is 0. The first-order chi connectivity index (χ1) is 8.18. The van der Waals surface area contributed by atoms with Gasteiger partial charge in [-0.15, -0.1) is 0 Å². The van der Waals surface area contributed by atoms with Crippen LogP contribution < -0.4 is 15.1 Å². The highest BCUT2D eigenvalue weighted by Crippen LogP contribution is 2.37. The molecule has 1 aromatic carbocycles. The van der Waals surface area contributed by atoms with Gasteiger partial charge in [0.1, 0.15) is 6.04 Å². The van der Waals surface area contributed by atoms with Crippen molar-refractivity contribution in [3.8, 4) is 0 Å². The number of benzene rings is 1. The third kappa shape index (κ3) is 1.65.